The average Bonchev–Trinajstić information content (AvgIpc) is 3.14. The molecule has 12 heteroatoms. The van der Waals surface area contributed by atoms with Gasteiger partial charge in [-0.1, -0.05) is 41.9 Å². The number of benzene rings is 2. The number of carbonyl (C=O) groups is 2. The number of hydrogen-bond acceptors (Lipinski definition) is 5. The van der Waals surface area contributed by atoms with E-state index in [1.807, 2.05) is 0 Å². The Balaban J connectivity index is 1.45. The Labute approximate surface area is 196 Å². The summed E-state index contributed by atoms with van der Waals surface area (Å²) in [7, 11) is 0. The first-order valence-electron chi connectivity index (χ1n) is 9.97. The molecule has 34 heavy (non-hydrogen) atoms. The minimum absolute atomic E-state index is 0.111. The molecule has 2 N–H and O–H groups in total. The third kappa shape index (κ3) is 5.37. The summed E-state index contributed by atoms with van der Waals surface area (Å²) in [5.41, 5.74) is 0.309. The molecule has 0 saturated heterocycles. The lowest BCUT2D eigenvalue weighted by Gasteiger charge is -2.11. The van der Waals surface area contributed by atoms with Gasteiger partial charge in [-0.25, -0.2) is 4.99 Å². The molecule has 0 atom stereocenters. The molecule has 0 aliphatic carbocycles. The van der Waals surface area contributed by atoms with Gasteiger partial charge in [-0.15, -0.1) is 0 Å². The maximum absolute atomic E-state index is 13.2. The first-order valence-corrected chi connectivity index (χ1v) is 10.4. The van der Waals surface area contributed by atoms with E-state index in [-0.39, 0.29) is 41.3 Å². The fourth-order valence-electron chi connectivity index (χ4n) is 3.18. The molecular formula is C22H17ClF3N5O3. The van der Waals surface area contributed by atoms with Crippen LogP contribution in [0.15, 0.2) is 59.6 Å². The molecule has 1 aliphatic heterocycles. The molecule has 0 saturated carbocycles. The number of ether oxygens (including phenoxy) is 1. The smallest absolute Gasteiger partial charge is 0.435 e. The van der Waals surface area contributed by atoms with Gasteiger partial charge in [0.2, 0.25) is 11.8 Å². The third-order valence-corrected chi connectivity index (χ3v) is 5.05. The zero-order chi connectivity index (χ0) is 24.3. The predicted octanol–water partition coefficient (Wildman–Crippen LogP) is 3.44. The highest BCUT2D eigenvalue weighted by Gasteiger charge is 2.36. The van der Waals surface area contributed by atoms with Crippen LogP contribution in [0.25, 0.3) is 5.69 Å². The molecule has 2 heterocycles. The van der Waals surface area contributed by atoms with Crippen molar-refractivity contribution in [3.8, 4) is 11.6 Å². The third-order valence-electron chi connectivity index (χ3n) is 4.73. The monoisotopic (exact) mass is 491 g/mol. The van der Waals surface area contributed by atoms with Crippen molar-refractivity contribution in [2.75, 3.05) is 13.2 Å². The van der Waals surface area contributed by atoms with Crippen LogP contribution in [-0.4, -0.2) is 40.6 Å². The lowest BCUT2D eigenvalue weighted by atomic mass is 10.1. The van der Waals surface area contributed by atoms with Crippen molar-refractivity contribution in [1.82, 2.24) is 20.4 Å². The van der Waals surface area contributed by atoms with Crippen LogP contribution < -0.4 is 15.4 Å². The highest BCUT2D eigenvalue weighted by Crippen LogP contribution is 2.33. The van der Waals surface area contributed by atoms with Crippen LogP contribution in [0.5, 0.6) is 5.88 Å². The standard InChI is InChI=1S/C22H17ClF3N5O3/c23-14-6-2-4-8-16(14)31-21(10-17(30-31)22(24,25)26)34-12-20(33)27-11-18-28-15-7-3-1-5-13(15)9-19(32)29-18/h1-8,10H,9,11-12H2,(H,27,33)(H,28,29,32). The zero-order valence-electron chi connectivity index (χ0n) is 17.4. The molecule has 0 radical (unpaired) electrons. The van der Waals surface area contributed by atoms with E-state index >= 15 is 0 Å². The SMILES string of the molecule is O=C(COc1cc(C(F)(F)F)nn1-c1ccccc1Cl)NCC1=Nc2ccccc2CC(=O)N1. The van der Waals surface area contributed by atoms with E-state index < -0.39 is 24.4 Å². The second-order valence-corrected chi connectivity index (χ2v) is 7.61. The van der Waals surface area contributed by atoms with Crippen LogP contribution in [0.2, 0.25) is 5.02 Å². The summed E-state index contributed by atoms with van der Waals surface area (Å²) in [6, 6.07) is 13.9. The molecule has 2 aromatic carbocycles. The highest BCUT2D eigenvalue weighted by atomic mass is 35.5. The van der Waals surface area contributed by atoms with E-state index in [4.69, 9.17) is 16.3 Å². The van der Waals surface area contributed by atoms with E-state index in [1.54, 1.807) is 36.4 Å². The summed E-state index contributed by atoms with van der Waals surface area (Å²) in [5, 5.41) is 8.82. The van der Waals surface area contributed by atoms with Gasteiger partial charge in [-0.2, -0.15) is 23.0 Å². The van der Waals surface area contributed by atoms with E-state index in [9.17, 15) is 22.8 Å². The molecule has 0 spiro atoms. The van der Waals surface area contributed by atoms with Crippen molar-refractivity contribution in [3.63, 3.8) is 0 Å². The number of rotatable bonds is 6. The quantitative estimate of drug-likeness (QED) is 0.552. The summed E-state index contributed by atoms with van der Waals surface area (Å²) in [5.74, 6) is -1.01. The Morgan fingerprint density at radius 1 is 1.18 bits per heavy atom. The van der Waals surface area contributed by atoms with Gasteiger partial charge in [0.05, 0.1) is 29.4 Å². The lowest BCUT2D eigenvalue weighted by molar-refractivity contribution is -0.141. The molecule has 4 rings (SSSR count). The number of hydrogen-bond donors (Lipinski definition) is 2. The van der Waals surface area contributed by atoms with Gasteiger partial charge in [0, 0.05) is 6.07 Å². The van der Waals surface area contributed by atoms with Crippen LogP contribution in [0.1, 0.15) is 11.3 Å². The second-order valence-electron chi connectivity index (χ2n) is 7.21. The number of para-hydroxylation sites is 2. The maximum Gasteiger partial charge on any atom is 0.435 e. The zero-order valence-corrected chi connectivity index (χ0v) is 18.2. The summed E-state index contributed by atoms with van der Waals surface area (Å²) in [4.78, 5) is 28.7. The van der Waals surface area contributed by atoms with E-state index in [0.717, 1.165) is 10.2 Å². The van der Waals surface area contributed by atoms with Gasteiger partial charge >= 0.3 is 6.18 Å². The highest BCUT2D eigenvalue weighted by molar-refractivity contribution is 6.32. The van der Waals surface area contributed by atoms with Gasteiger partial charge in [0.25, 0.3) is 5.91 Å². The van der Waals surface area contributed by atoms with Gasteiger partial charge in [0.1, 0.15) is 5.84 Å². The summed E-state index contributed by atoms with van der Waals surface area (Å²) in [6.07, 6.45) is -4.58. The van der Waals surface area contributed by atoms with Crippen LogP contribution >= 0.6 is 11.6 Å². The minimum Gasteiger partial charge on any atom is -0.467 e. The van der Waals surface area contributed by atoms with Gasteiger partial charge in [-0.05, 0) is 23.8 Å². The summed E-state index contributed by atoms with van der Waals surface area (Å²) < 4.78 is 45.8. The number of alkyl halides is 3. The number of amides is 2. The Kier molecular flexibility index (Phi) is 6.55. The largest absolute Gasteiger partial charge is 0.467 e. The molecule has 3 aromatic rings. The number of nitrogens with zero attached hydrogens (tertiary/aromatic N) is 3. The molecule has 176 valence electrons. The first-order chi connectivity index (χ1) is 16.2. The van der Waals surface area contributed by atoms with Crippen molar-refractivity contribution in [2.24, 2.45) is 4.99 Å². The van der Waals surface area contributed by atoms with Gasteiger partial charge in [0.15, 0.2) is 12.3 Å². The topological polar surface area (TPSA) is 97.6 Å². The number of aromatic nitrogens is 2. The maximum atomic E-state index is 13.2. The number of nitrogens with one attached hydrogen (secondary N) is 2. The molecular weight excluding hydrogens is 475 g/mol. The van der Waals surface area contributed by atoms with Crippen LogP contribution in [0.4, 0.5) is 18.9 Å². The fourth-order valence-corrected chi connectivity index (χ4v) is 3.39. The Morgan fingerprint density at radius 2 is 1.91 bits per heavy atom. The molecule has 1 aromatic heterocycles. The molecule has 1 aliphatic rings. The van der Waals surface area contributed by atoms with Crippen molar-refractivity contribution in [1.29, 1.82) is 0 Å². The van der Waals surface area contributed by atoms with E-state index in [2.05, 4.69) is 20.7 Å². The van der Waals surface area contributed by atoms with Crippen molar-refractivity contribution in [3.05, 3.63) is 70.9 Å². The van der Waals surface area contributed by atoms with Crippen molar-refractivity contribution < 1.29 is 27.5 Å². The van der Waals surface area contributed by atoms with Gasteiger partial charge in [-0.3, -0.25) is 9.59 Å². The second kappa shape index (κ2) is 9.56. The molecule has 0 fully saturated rings. The number of halogens is 4. The first kappa shape index (κ1) is 23.3. The van der Waals surface area contributed by atoms with Crippen LogP contribution in [0, 0.1) is 0 Å². The number of amidine groups is 1. The average molecular weight is 492 g/mol. The molecule has 0 unspecified atom stereocenters. The van der Waals surface area contributed by atoms with Crippen molar-refractivity contribution >= 4 is 34.9 Å². The van der Waals surface area contributed by atoms with Gasteiger partial charge < -0.3 is 15.4 Å². The molecule has 2 amide bonds. The lowest BCUT2D eigenvalue weighted by Crippen LogP contribution is -2.41. The molecule has 0 bridgehead atoms. The predicted molar refractivity (Wildman–Crippen MR) is 117 cm³/mol. The Bertz CT molecular complexity index is 1270. The van der Waals surface area contributed by atoms with E-state index in [1.165, 1.54) is 12.1 Å². The Hall–Kier alpha value is -3.86. The van der Waals surface area contributed by atoms with Crippen molar-refractivity contribution in [2.45, 2.75) is 12.6 Å². The summed E-state index contributed by atoms with van der Waals surface area (Å²) in [6.45, 7) is -0.717. The normalized spacial score (nSPS) is 13.4. The minimum atomic E-state index is -4.72. The van der Waals surface area contributed by atoms with Crippen LogP contribution in [0.3, 0.4) is 0 Å². The Morgan fingerprint density at radius 3 is 2.68 bits per heavy atom. The summed E-state index contributed by atoms with van der Waals surface area (Å²) >= 11 is 6.09. The van der Waals surface area contributed by atoms with Crippen LogP contribution in [-0.2, 0) is 22.2 Å². The number of carbonyl (C=O) groups excluding carboxylic acids is 2. The number of aliphatic imine (C=N–C) groups is 1. The molecule has 8 nitrogen and oxygen atoms in total. The number of fused-ring (bicyclic) bond motifs is 1. The van der Waals surface area contributed by atoms with E-state index in [0.29, 0.717) is 11.8 Å². The fraction of sp³-hybridized carbons (Fsp3) is 0.182.